The van der Waals surface area contributed by atoms with Crippen molar-refractivity contribution in [1.82, 2.24) is 15.4 Å². The van der Waals surface area contributed by atoms with E-state index in [4.69, 9.17) is 46.4 Å². The van der Waals surface area contributed by atoms with Crippen molar-refractivity contribution < 1.29 is 4.79 Å². The van der Waals surface area contributed by atoms with E-state index < -0.39 is 6.04 Å². The number of rotatable bonds is 4. The summed E-state index contributed by atoms with van der Waals surface area (Å²) in [6.45, 7) is 0. The van der Waals surface area contributed by atoms with Gasteiger partial charge in [0.2, 0.25) is 0 Å². The lowest BCUT2D eigenvalue weighted by Gasteiger charge is -2.25. The lowest BCUT2D eigenvalue weighted by molar-refractivity contribution is -0.121. The molecule has 25 heavy (non-hydrogen) atoms. The maximum atomic E-state index is 12.5. The summed E-state index contributed by atoms with van der Waals surface area (Å²) in [7, 11) is 0. The molecule has 2 aromatic rings. The molecule has 0 aliphatic carbocycles. The van der Waals surface area contributed by atoms with Crippen LogP contribution in [0.25, 0.3) is 0 Å². The predicted molar refractivity (Wildman–Crippen MR) is 100 cm³/mol. The predicted octanol–water partition coefficient (Wildman–Crippen LogP) is 4.33. The Balaban J connectivity index is 1.71. The molecule has 3 rings (SSSR count). The number of anilines is 2. The Morgan fingerprint density at radius 2 is 1.76 bits per heavy atom. The zero-order valence-electron chi connectivity index (χ0n) is 12.5. The molecule has 0 bridgehead atoms. The van der Waals surface area contributed by atoms with E-state index in [0.717, 1.165) is 0 Å². The van der Waals surface area contributed by atoms with Crippen LogP contribution in [0.1, 0.15) is 6.42 Å². The van der Waals surface area contributed by atoms with Crippen LogP contribution in [-0.2, 0) is 4.79 Å². The molecule has 1 atom stereocenters. The largest absolute Gasteiger partial charge is 0.319 e. The zero-order chi connectivity index (χ0) is 18.0. The van der Waals surface area contributed by atoms with Gasteiger partial charge in [0.15, 0.2) is 11.6 Å². The lowest BCUT2D eigenvalue weighted by atomic mass is 10.2. The minimum absolute atomic E-state index is 0.289. The van der Waals surface area contributed by atoms with Gasteiger partial charge in [-0.05, 0) is 18.6 Å². The van der Waals surface area contributed by atoms with E-state index in [1.165, 1.54) is 18.5 Å². The molecule has 1 amide bonds. The molecule has 0 radical (unpaired) electrons. The summed E-state index contributed by atoms with van der Waals surface area (Å²) < 4.78 is 0. The van der Waals surface area contributed by atoms with Gasteiger partial charge in [-0.15, -0.1) is 0 Å². The first kappa shape index (κ1) is 18.1. The highest BCUT2D eigenvalue weighted by Crippen LogP contribution is 2.31. The average molecular weight is 419 g/mol. The van der Waals surface area contributed by atoms with Crippen molar-refractivity contribution in [3.05, 3.63) is 56.9 Å². The van der Waals surface area contributed by atoms with Crippen molar-refractivity contribution in [2.75, 3.05) is 10.3 Å². The first-order valence-corrected chi connectivity index (χ1v) is 8.60. The maximum Gasteiger partial charge on any atom is 0.261 e. The van der Waals surface area contributed by atoms with Crippen molar-refractivity contribution in [1.29, 1.82) is 0 Å². The third-order valence-electron chi connectivity index (χ3n) is 3.41. The van der Waals surface area contributed by atoms with Crippen molar-refractivity contribution in [2.45, 2.75) is 12.5 Å². The lowest BCUT2D eigenvalue weighted by Crippen LogP contribution is -2.45. The number of hydrazine groups is 1. The quantitative estimate of drug-likeness (QED) is 0.723. The number of carbonyl (C=O) groups excluding carboxylic acids is 1. The van der Waals surface area contributed by atoms with Crippen LogP contribution in [0, 0.1) is 0 Å². The van der Waals surface area contributed by atoms with Gasteiger partial charge < -0.3 is 4.90 Å². The van der Waals surface area contributed by atoms with Crippen LogP contribution in [0.15, 0.2) is 36.8 Å². The van der Waals surface area contributed by atoms with Gasteiger partial charge >= 0.3 is 0 Å². The van der Waals surface area contributed by atoms with E-state index in [1.54, 1.807) is 17.2 Å². The second-order valence-electron chi connectivity index (χ2n) is 5.10. The molecule has 3 heterocycles. The van der Waals surface area contributed by atoms with Gasteiger partial charge in [0.05, 0.1) is 20.1 Å². The van der Waals surface area contributed by atoms with Crippen LogP contribution in [0.5, 0.6) is 0 Å². The number of aromatic nitrogens is 2. The van der Waals surface area contributed by atoms with Gasteiger partial charge in [0.1, 0.15) is 6.04 Å². The maximum absolute atomic E-state index is 12.5. The molecule has 0 spiro atoms. The number of nitrogens with one attached hydrogen (secondary N) is 2. The second kappa shape index (κ2) is 7.66. The molecule has 2 aromatic heterocycles. The number of hydrogen-bond acceptors (Lipinski definition) is 5. The Bertz CT molecular complexity index is 845. The van der Waals surface area contributed by atoms with Crippen LogP contribution >= 0.6 is 46.4 Å². The minimum Gasteiger partial charge on any atom is -0.319 e. The van der Waals surface area contributed by atoms with Crippen LogP contribution in [0.2, 0.25) is 20.1 Å². The fourth-order valence-electron chi connectivity index (χ4n) is 2.28. The zero-order valence-corrected chi connectivity index (χ0v) is 15.5. The Labute approximate surface area is 163 Å². The Kier molecular flexibility index (Phi) is 5.54. The minimum atomic E-state index is -0.523. The second-order valence-corrected chi connectivity index (χ2v) is 6.79. The highest BCUT2D eigenvalue weighted by Gasteiger charge is 2.30. The number of nitrogens with zero attached hydrogens (tertiary/aromatic N) is 3. The van der Waals surface area contributed by atoms with E-state index in [1.807, 2.05) is 6.08 Å². The normalized spacial score (nSPS) is 16.2. The van der Waals surface area contributed by atoms with Crippen molar-refractivity contribution in [3.8, 4) is 0 Å². The van der Waals surface area contributed by atoms with E-state index in [-0.39, 0.29) is 10.9 Å². The highest BCUT2D eigenvalue weighted by atomic mass is 35.5. The van der Waals surface area contributed by atoms with Gasteiger partial charge in [-0.3, -0.25) is 15.6 Å². The van der Waals surface area contributed by atoms with E-state index in [2.05, 4.69) is 20.8 Å². The molecular weight excluding hydrogens is 408 g/mol. The monoisotopic (exact) mass is 417 g/mol. The third-order valence-corrected chi connectivity index (χ3v) is 4.39. The number of amides is 1. The smallest absolute Gasteiger partial charge is 0.261 e. The molecule has 1 aliphatic heterocycles. The summed E-state index contributed by atoms with van der Waals surface area (Å²) in [5.41, 5.74) is 5.26. The van der Waals surface area contributed by atoms with Crippen LogP contribution in [0.4, 0.5) is 11.6 Å². The Morgan fingerprint density at radius 1 is 1.08 bits per heavy atom. The molecule has 10 heteroatoms. The van der Waals surface area contributed by atoms with Gasteiger partial charge in [-0.25, -0.2) is 9.97 Å². The standard InChI is InChI=1S/C15H11Cl4N5O/c16-8-4-10(18)13(20-6-8)22-23-15(25)12-2-1-3-24(12)14-11(19)5-9(17)7-21-14/h1,3-7,12H,2H2,(H,20,22)(H,23,25). The van der Waals surface area contributed by atoms with Crippen molar-refractivity contribution in [2.24, 2.45) is 0 Å². The molecule has 2 N–H and O–H groups in total. The van der Waals surface area contributed by atoms with Gasteiger partial charge in [-0.1, -0.05) is 52.5 Å². The van der Waals surface area contributed by atoms with Crippen molar-refractivity contribution in [3.63, 3.8) is 0 Å². The molecule has 130 valence electrons. The molecule has 0 aromatic carbocycles. The van der Waals surface area contributed by atoms with Crippen LogP contribution in [0.3, 0.4) is 0 Å². The van der Waals surface area contributed by atoms with Crippen LogP contribution in [-0.4, -0.2) is 21.9 Å². The van der Waals surface area contributed by atoms with Gasteiger partial charge in [0.25, 0.3) is 5.91 Å². The summed E-state index contributed by atoms with van der Waals surface area (Å²) in [6.07, 6.45) is 6.99. The molecule has 0 saturated heterocycles. The number of pyridine rings is 2. The topological polar surface area (TPSA) is 70.2 Å². The Morgan fingerprint density at radius 3 is 2.44 bits per heavy atom. The molecule has 0 saturated carbocycles. The SMILES string of the molecule is O=C(NNc1ncc(Cl)cc1Cl)C1CC=CN1c1ncc(Cl)cc1Cl. The fourth-order valence-corrected chi connectivity index (χ4v) is 3.19. The first-order chi connectivity index (χ1) is 12.0. The van der Waals surface area contributed by atoms with Gasteiger partial charge in [-0.2, -0.15) is 0 Å². The number of hydrogen-bond donors (Lipinski definition) is 2. The van der Waals surface area contributed by atoms with Gasteiger partial charge in [0, 0.05) is 18.6 Å². The Hall–Kier alpha value is -1.73. The number of halogens is 4. The first-order valence-electron chi connectivity index (χ1n) is 7.08. The summed E-state index contributed by atoms with van der Waals surface area (Å²) in [6, 6.07) is 2.57. The highest BCUT2D eigenvalue weighted by molar-refractivity contribution is 6.36. The average Bonchev–Trinajstić information content (AvgIpc) is 3.03. The summed E-state index contributed by atoms with van der Waals surface area (Å²) >= 11 is 23.8. The molecular formula is C15H11Cl4N5O. The molecule has 1 unspecified atom stereocenters. The number of carbonyl (C=O) groups is 1. The molecule has 0 fully saturated rings. The van der Waals surface area contributed by atoms with E-state index >= 15 is 0 Å². The molecule has 6 nitrogen and oxygen atoms in total. The summed E-state index contributed by atoms with van der Waals surface area (Å²) in [5, 5.41) is 1.46. The van der Waals surface area contributed by atoms with Crippen molar-refractivity contribution >= 4 is 63.9 Å². The van der Waals surface area contributed by atoms with Crippen LogP contribution < -0.4 is 15.8 Å². The fraction of sp³-hybridized carbons (Fsp3) is 0.133. The summed E-state index contributed by atoms with van der Waals surface area (Å²) in [5.74, 6) is 0.438. The van der Waals surface area contributed by atoms with E-state index in [0.29, 0.717) is 33.1 Å². The van der Waals surface area contributed by atoms with E-state index in [9.17, 15) is 4.79 Å². The summed E-state index contributed by atoms with van der Waals surface area (Å²) in [4.78, 5) is 22.4. The molecule has 1 aliphatic rings. The third kappa shape index (κ3) is 4.10.